The molecule has 0 saturated carbocycles. The first-order chi connectivity index (χ1) is 10.7. The number of carbonyl (C=O) groups is 1. The third-order valence-corrected chi connectivity index (χ3v) is 8.72. The molecule has 22 heavy (non-hydrogen) atoms. The van der Waals surface area contributed by atoms with Crippen LogP contribution >= 0.6 is 6.89 Å². The van der Waals surface area contributed by atoms with Crippen LogP contribution in [0.2, 0.25) is 0 Å². The zero-order valence-electron chi connectivity index (χ0n) is 14.7. The van der Waals surface area contributed by atoms with Gasteiger partial charge in [0.25, 0.3) is 0 Å². The van der Waals surface area contributed by atoms with Gasteiger partial charge in [0.15, 0.2) is 5.78 Å². The molecule has 0 saturated heterocycles. The van der Waals surface area contributed by atoms with Crippen molar-refractivity contribution >= 4 is 18.5 Å². The highest BCUT2D eigenvalue weighted by Gasteiger charge is 2.18. The number of Topliss-reactive ketones (excluding diaryl/α,β-unsaturated/α-hetero) is 1. The summed E-state index contributed by atoms with van der Waals surface area (Å²) in [5.74, 6) is 2.45. The highest BCUT2D eigenvalue weighted by Crippen LogP contribution is 2.49. The Morgan fingerprint density at radius 1 is 0.864 bits per heavy atom. The molecule has 0 radical (unpaired) electrons. The van der Waals surface area contributed by atoms with E-state index in [9.17, 15) is 4.79 Å². The molecule has 0 amide bonds. The van der Waals surface area contributed by atoms with Crippen molar-refractivity contribution in [3.8, 4) is 0 Å². The molecule has 1 aromatic rings. The number of benzene rings is 1. The van der Waals surface area contributed by atoms with E-state index in [0.717, 1.165) is 5.56 Å². The molecule has 2 heteroatoms. The van der Waals surface area contributed by atoms with Crippen LogP contribution in [-0.2, 0) is 0 Å². The average molecular weight is 320 g/mol. The van der Waals surface area contributed by atoms with Crippen LogP contribution in [0, 0.1) is 0 Å². The Hall–Kier alpha value is -0.810. The van der Waals surface area contributed by atoms with Crippen molar-refractivity contribution in [2.75, 3.05) is 18.5 Å². The van der Waals surface area contributed by atoms with Gasteiger partial charge in [-0.15, -0.1) is 6.89 Å². The summed E-state index contributed by atoms with van der Waals surface area (Å²) in [6, 6.07) is 9.81. The monoisotopic (exact) mass is 320 g/mol. The Labute approximate surface area is 137 Å². The number of unbranched alkanes of at least 4 members (excludes halogenated alkanes) is 3. The Balaban J connectivity index is 3.07. The fourth-order valence-corrected chi connectivity index (χ4v) is 7.42. The van der Waals surface area contributed by atoms with Crippen molar-refractivity contribution in [1.82, 2.24) is 0 Å². The van der Waals surface area contributed by atoms with Gasteiger partial charge >= 0.3 is 0 Å². The van der Waals surface area contributed by atoms with E-state index in [1.54, 1.807) is 0 Å². The molecule has 1 rings (SSSR count). The first-order valence-corrected chi connectivity index (χ1v) is 11.4. The van der Waals surface area contributed by atoms with E-state index in [0.29, 0.717) is 0 Å². The van der Waals surface area contributed by atoms with Crippen molar-refractivity contribution in [3.63, 3.8) is 0 Å². The third kappa shape index (κ3) is 6.53. The minimum atomic E-state index is -1.24. The molecule has 0 fully saturated rings. The predicted octanol–water partition coefficient (Wildman–Crippen LogP) is 6.09. The summed E-state index contributed by atoms with van der Waals surface area (Å²) < 4.78 is 0. The fraction of sp³-hybridized carbons (Fsp3) is 0.600. The van der Waals surface area contributed by atoms with E-state index >= 15 is 0 Å². The van der Waals surface area contributed by atoms with Gasteiger partial charge in [0.05, 0.1) is 0 Å². The Morgan fingerprint density at radius 3 is 1.73 bits per heavy atom. The Kier molecular flexibility index (Phi) is 9.48. The third-order valence-electron chi connectivity index (χ3n) is 4.32. The molecular weight excluding hydrogens is 287 g/mol. The van der Waals surface area contributed by atoms with Gasteiger partial charge in [0, 0.05) is 5.56 Å². The second-order valence-electron chi connectivity index (χ2n) is 6.31. The molecule has 0 aromatic heterocycles. The van der Waals surface area contributed by atoms with Gasteiger partial charge < -0.3 is 0 Å². The number of rotatable bonds is 11. The van der Waals surface area contributed by atoms with Gasteiger partial charge in [-0.2, -0.15) is 0 Å². The van der Waals surface area contributed by atoms with Gasteiger partial charge in [-0.25, -0.2) is 0 Å². The number of hydrogen-bond donors (Lipinski definition) is 0. The second kappa shape index (κ2) is 10.8. The maximum Gasteiger partial charge on any atom is 0.185 e. The molecule has 0 aliphatic heterocycles. The van der Waals surface area contributed by atoms with Gasteiger partial charge in [0.2, 0.25) is 0 Å². The second-order valence-corrected chi connectivity index (χ2v) is 10.3. The van der Waals surface area contributed by atoms with Crippen LogP contribution < -0.4 is 0 Å². The molecule has 0 aliphatic carbocycles. The molecule has 1 nitrogen and oxygen atoms in total. The average Bonchev–Trinajstić information content (AvgIpc) is 2.56. The summed E-state index contributed by atoms with van der Waals surface area (Å²) >= 11 is 0. The van der Waals surface area contributed by atoms with Gasteiger partial charge in [-0.3, -0.25) is 4.79 Å². The zero-order chi connectivity index (χ0) is 16.3. The van der Waals surface area contributed by atoms with Crippen molar-refractivity contribution in [1.29, 1.82) is 0 Å². The largest absolute Gasteiger partial charge is 0.289 e. The lowest BCUT2D eigenvalue weighted by Gasteiger charge is -2.26. The molecule has 0 heterocycles. The molecule has 0 bridgehead atoms. The maximum absolute atomic E-state index is 12.7. The predicted molar refractivity (Wildman–Crippen MR) is 103 cm³/mol. The van der Waals surface area contributed by atoms with Gasteiger partial charge in [0.1, 0.15) is 0 Å². The minimum Gasteiger partial charge on any atom is -0.289 e. The topological polar surface area (TPSA) is 17.1 Å². The normalized spacial score (nSPS) is 11.4. The summed E-state index contributed by atoms with van der Waals surface area (Å²) in [5.41, 5.74) is 0.858. The number of hydrogen-bond acceptors (Lipinski definition) is 1. The summed E-state index contributed by atoms with van der Waals surface area (Å²) in [4.78, 5) is 12.7. The molecule has 0 N–H and O–H groups in total. The van der Waals surface area contributed by atoms with Crippen LogP contribution in [0.25, 0.3) is 0 Å². The summed E-state index contributed by atoms with van der Waals surface area (Å²) in [6.07, 6.45) is 11.3. The standard InChI is InChI=1S/C20H33OP/c1-4-7-15-22(16-8-5-2,17-9-6-3)18-20(21)19-13-11-10-12-14-19/h10-14,18H,4-9,15-17H2,1-3H3. The van der Waals surface area contributed by atoms with E-state index in [2.05, 4.69) is 26.6 Å². The van der Waals surface area contributed by atoms with Crippen LogP contribution in [0.1, 0.15) is 69.7 Å². The highest BCUT2D eigenvalue weighted by atomic mass is 31.2. The van der Waals surface area contributed by atoms with Crippen molar-refractivity contribution < 1.29 is 4.79 Å². The van der Waals surface area contributed by atoms with E-state index in [-0.39, 0.29) is 5.78 Å². The van der Waals surface area contributed by atoms with E-state index in [1.807, 2.05) is 30.3 Å². The molecule has 0 aliphatic rings. The molecular formula is C20H33OP. The van der Waals surface area contributed by atoms with E-state index in [4.69, 9.17) is 0 Å². The van der Waals surface area contributed by atoms with Crippen LogP contribution in [0.4, 0.5) is 0 Å². The van der Waals surface area contributed by atoms with E-state index in [1.165, 1.54) is 57.0 Å². The molecule has 124 valence electrons. The van der Waals surface area contributed by atoms with Crippen molar-refractivity contribution in [2.24, 2.45) is 0 Å². The van der Waals surface area contributed by atoms with E-state index < -0.39 is 6.89 Å². The number of carbonyl (C=O) groups excluding carboxylic acids is 1. The SMILES string of the molecule is CCCCP(=CC(=O)c1ccccc1)(CCCC)CCCC. The lowest BCUT2D eigenvalue weighted by atomic mass is 10.2. The highest BCUT2D eigenvalue weighted by molar-refractivity contribution is 7.76. The quantitative estimate of drug-likeness (QED) is 0.356. The zero-order valence-corrected chi connectivity index (χ0v) is 15.6. The van der Waals surface area contributed by atoms with Crippen LogP contribution in [0.15, 0.2) is 30.3 Å². The first kappa shape index (κ1) is 19.2. The van der Waals surface area contributed by atoms with Crippen LogP contribution in [0.3, 0.4) is 0 Å². The Morgan fingerprint density at radius 2 is 1.32 bits per heavy atom. The van der Waals surface area contributed by atoms with Crippen molar-refractivity contribution in [3.05, 3.63) is 35.9 Å². The van der Waals surface area contributed by atoms with Gasteiger partial charge in [-0.05, 0) is 43.5 Å². The van der Waals surface area contributed by atoms with Crippen molar-refractivity contribution in [2.45, 2.75) is 59.3 Å². The minimum absolute atomic E-state index is 0.261. The van der Waals surface area contributed by atoms with Crippen LogP contribution in [0.5, 0.6) is 0 Å². The molecule has 0 unspecified atom stereocenters. The maximum atomic E-state index is 12.7. The number of ketones is 1. The molecule has 0 spiro atoms. The fourth-order valence-electron chi connectivity index (χ4n) is 2.87. The van der Waals surface area contributed by atoms with Gasteiger partial charge in [-0.1, -0.05) is 70.4 Å². The first-order valence-electron chi connectivity index (χ1n) is 8.98. The summed E-state index contributed by atoms with van der Waals surface area (Å²) in [6.45, 7) is 5.53. The lowest BCUT2D eigenvalue weighted by molar-refractivity contribution is 0.107. The molecule has 1 aromatic carbocycles. The van der Waals surface area contributed by atoms with Crippen LogP contribution in [-0.4, -0.2) is 30.1 Å². The lowest BCUT2D eigenvalue weighted by Crippen LogP contribution is -2.10. The summed E-state index contributed by atoms with van der Waals surface area (Å²) in [5, 5.41) is 0. The summed E-state index contributed by atoms with van der Waals surface area (Å²) in [7, 11) is 0. The smallest absolute Gasteiger partial charge is 0.185 e. The molecule has 0 atom stereocenters. The Bertz CT molecular complexity index is 447.